The zero-order chi connectivity index (χ0) is 13.5. The Morgan fingerprint density at radius 3 is 2.95 bits per heavy atom. The maximum atomic E-state index is 5.89. The maximum Gasteiger partial charge on any atom is 0.131 e. The van der Waals surface area contributed by atoms with Gasteiger partial charge < -0.3 is 10.1 Å². The average Bonchev–Trinajstić information content (AvgIpc) is 2.96. The van der Waals surface area contributed by atoms with Gasteiger partial charge in [-0.25, -0.2) is 4.98 Å². The largest absolute Gasteiger partial charge is 0.487 e. The van der Waals surface area contributed by atoms with E-state index in [0.717, 1.165) is 24.4 Å². The van der Waals surface area contributed by atoms with Gasteiger partial charge in [-0.2, -0.15) is 0 Å². The van der Waals surface area contributed by atoms with Crippen LogP contribution in [0.5, 0.6) is 5.75 Å². The van der Waals surface area contributed by atoms with Crippen molar-refractivity contribution < 1.29 is 4.74 Å². The molecule has 1 unspecified atom stereocenters. The molecule has 0 fully saturated rings. The fourth-order valence-electron chi connectivity index (χ4n) is 1.90. The minimum absolute atomic E-state index is 0.298. The molecule has 1 heterocycles. The molecule has 3 nitrogen and oxygen atoms in total. The van der Waals surface area contributed by atoms with E-state index in [1.54, 1.807) is 11.3 Å². The summed E-state index contributed by atoms with van der Waals surface area (Å²) in [4.78, 5) is 4.23. The zero-order valence-corrected chi connectivity index (χ0v) is 12.2. The summed E-state index contributed by atoms with van der Waals surface area (Å²) in [6.45, 7) is 5.88. The van der Waals surface area contributed by atoms with Gasteiger partial charge in [0.25, 0.3) is 0 Å². The number of thiazole rings is 1. The van der Waals surface area contributed by atoms with E-state index in [1.165, 1.54) is 5.56 Å². The van der Waals surface area contributed by atoms with Crippen LogP contribution in [0.25, 0.3) is 0 Å². The number of rotatable bonds is 7. The Labute approximate surface area is 118 Å². The van der Waals surface area contributed by atoms with E-state index >= 15 is 0 Å². The lowest BCUT2D eigenvalue weighted by atomic mass is 10.1. The number of aromatic nitrogens is 1. The van der Waals surface area contributed by atoms with Crippen LogP contribution in [0.15, 0.2) is 35.2 Å². The van der Waals surface area contributed by atoms with Gasteiger partial charge in [0.2, 0.25) is 0 Å². The van der Waals surface area contributed by atoms with E-state index in [2.05, 4.69) is 36.3 Å². The molecule has 0 radical (unpaired) electrons. The van der Waals surface area contributed by atoms with Crippen molar-refractivity contribution >= 4 is 11.3 Å². The second-order valence-corrected chi connectivity index (χ2v) is 5.20. The fraction of sp³-hybridized carbons (Fsp3) is 0.400. The molecule has 0 saturated heterocycles. The van der Waals surface area contributed by atoms with Crippen molar-refractivity contribution in [2.45, 2.75) is 32.9 Å². The predicted octanol–water partition coefficient (Wildman–Crippen LogP) is 3.78. The van der Waals surface area contributed by atoms with E-state index < -0.39 is 0 Å². The Morgan fingerprint density at radius 1 is 1.37 bits per heavy atom. The lowest BCUT2D eigenvalue weighted by Crippen LogP contribution is -2.19. The number of nitrogens with one attached hydrogen (secondary N) is 1. The van der Waals surface area contributed by atoms with E-state index in [1.807, 2.05) is 23.0 Å². The molecule has 1 aromatic heterocycles. The van der Waals surface area contributed by atoms with E-state index in [0.29, 0.717) is 12.6 Å². The first-order valence-corrected chi connectivity index (χ1v) is 7.57. The molecule has 0 aliphatic rings. The second kappa shape index (κ2) is 7.26. The van der Waals surface area contributed by atoms with Crippen LogP contribution in [0.4, 0.5) is 0 Å². The molecule has 0 bridgehead atoms. The van der Waals surface area contributed by atoms with Crippen LogP contribution in [0.3, 0.4) is 0 Å². The molecule has 0 spiro atoms. The van der Waals surface area contributed by atoms with Gasteiger partial charge in [0, 0.05) is 17.0 Å². The minimum atomic E-state index is 0.298. The molecule has 2 aromatic rings. The Morgan fingerprint density at radius 2 is 2.21 bits per heavy atom. The highest BCUT2D eigenvalue weighted by atomic mass is 32.1. The summed E-state index contributed by atoms with van der Waals surface area (Å²) in [6.07, 6.45) is 1.13. The molecule has 0 saturated carbocycles. The van der Waals surface area contributed by atoms with Crippen molar-refractivity contribution in [2.75, 3.05) is 6.54 Å². The van der Waals surface area contributed by atoms with Crippen LogP contribution in [-0.2, 0) is 6.61 Å². The molecule has 102 valence electrons. The molecule has 0 amide bonds. The van der Waals surface area contributed by atoms with Crippen molar-refractivity contribution in [2.24, 2.45) is 0 Å². The second-order valence-electron chi connectivity index (χ2n) is 4.48. The molecule has 1 atom stereocenters. The first kappa shape index (κ1) is 14.0. The number of nitrogens with zero attached hydrogens (tertiary/aromatic N) is 1. The lowest BCUT2D eigenvalue weighted by Gasteiger charge is -2.17. The number of ether oxygens (including phenoxy) is 1. The van der Waals surface area contributed by atoms with Gasteiger partial charge in [0.05, 0.1) is 11.2 Å². The highest BCUT2D eigenvalue weighted by Gasteiger charge is 2.10. The summed E-state index contributed by atoms with van der Waals surface area (Å²) in [5.41, 5.74) is 4.01. The summed E-state index contributed by atoms with van der Waals surface area (Å²) in [7, 11) is 0. The van der Waals surface area contributed by atoms with Gasteiger partial charge in [0.1, 0.15) is 12.4 Å². The summed E-state index contributed by atoms with van der Waals surface area (Å²) in [5.74, 6) is 0.937. The summed E-state index contributed by atoms with van der Waals surface area (Å²) < 4.78 is 5.89. The molecule has 1 aromatic carbocycles. The van der Waals surface area contributed by atoms with Crippen LogP contribution < -0.4 is 10.1 Å². The zero-order valence-electron chi connectivity index (χ0n) is 11.4. The first-order valence-electron chi connectivity index (χ1n) is 6.63. The minimum Gasteiger partial charge on any atom is -0.487 e. The molecule has 2 rings (SSSR count). The molecular weight excluding hydrogens is 256 g/mol. The monoisotopic (exact) mass is 276 g/mol. The van der Waals surface area contributed by atoms with E-state index in [4.69, 9.17) is 4.74 Å². The topological polar surface area (TPSA) is 34.1 Å². The standard InChI is InChI=1S/C15H20N2OS/c1-3-8-16-12(2)14-6-4-5-7-15(14)18-9-13-10-19-11-17-13/h4-7,10-12,16H,3,8-9H2,1-2H3. The first-order chi connectivity index (χ1) is 9.31. The Kier molecular flexibility index (Phi) is 5.36. The predicted molar refractivity (Wildman–Crippen MR) is 79.6 cm³/mol. The van der Waals surface area contributed by atoms with Crippen LogP contribution in [-0.4, -0.2) is 11.5 Å². The fourth-order valence-corrected chi connectivity index (χ4v) is 2.44. The Hall–Kier alpha value is -1.39. The number of benzene rings is 1. The van der Waals surface area contributed by atoms with Gasteiger partial charge in [-0.05, 0) is 26.0 Å². The van der Waals surface area contributed by atoms with Crippen LogP contribution in [0.1, 0.15) is 37.6 Å². The van der Waals surface area contributed by atoms with Gasteiger partial charge in [0.15, 0.2) is 0 Å². The highest BCUT2D eigenvalue weighted by Crippen LogP contribution is 2.25. The number of hydrogen-bond donors (Lipinski definition) is 1. The molecule has 0 aliphatic heterocycles. The van der Waals surface area contributed by atoms with Gasteiger partial charge in [-0.1, -0.05) is 25.1 Å². The third-order valence-electron chi connectivity index (χ3n) is 2.95. The SMILES string of the molecule is CCCNC(C)c1ccccc1OCc1cscn1. The molecule has 19 heavy (non-hydrogen) atoms. The summed E-state index contributed by atoms with van der Waals surface area (Å²) in [6, 6.07) is 8.49. The van der Waals surface area contributed by atoms with Crippen molar-refractivity contribution in [3.63, 3.8) is 0 Å². The molecular formula is C15H20N2OS. The third-order valence-corrected chi connectivity index (χ3v) is 3.58. The normalized spacial score (nSPS) is 12.3. The van der Waals surface area contributed by atoms with E-state index in [-0.39, 0.29) is 0 Å². The highest BCUT2D eigenvalue weighted by molar-refractivity contribution is 7.07. The van der Waals surface area contributed by atoms with Gasteiger partial charge in [-0.15, -0.1) is 11.3 Å². The smallest absolute Gasteiger partial charge is 0.131 e. The lowest BCUT2D eigenvalue weighted by molar-refractivity contribution is 0.296. The van der Waals surface area contributed by atoms with Crippen molar-refractivity contribution in [1.82, 2.24) is 10.3 Å². The van der Waals surface area contributed by atoms with Crippen molar-refractivity contribution in [3.05, 3.63) is 46.4 Å². The molecule has 4 heteroatoms. The van der Waals surface area contributed by atoms with Gasteiger partial charge >= 0.3 is 0 Å². The molecule has 0 aliphatic carbocycles. The van der Waals surface area contributed by atoms with Crippen LogP contribution >= 0.6 is 11.3 Å². The molecule has 1 N–H and O–H groups in total. The third kappa shape index (κ3) is 4.04. The van der Waals surface area contributed by atoms with Crippen LogP contribution in [0, 0.1) is 0 Å². The summed E-state index contributed by atoms with van der Waals surface area (Å²) in [5, 5.41) is 5.50. The number of hydrogen-bond acceptors (Lipinski definition) is 4. The average molecular weight is 276 g/mol. The Balaban J connectivity index is 2.03. The number of para-hydroxylation sites is 1. The maximum absolute atomic E-state index is 5.89. The summed E-state index contributed by atoms with van der Waals surface area (Å²) >= 11 is 1.59. The van der Waals surface area contributed by atoms with Gasteiger partial charge in [-0.3, -0.25) is 0 Å². The quantitative estimate of drug-likeness (QED) is 0.835. The Bertz CT molecular complexity index is 485. The van der Waals surface area contributed by atoms with Crippen molar-refractivity contribution in [1.29, 1.82) is 0 Å². The van der Waals surface area contributed by atoms with E-state index in [9.17, 15) is 0 Å². The van der Waals surface area contributed by atoms with Crippen molar-refractivity contribution in [3.8, 4) is 5.75 Å². The van der Waals surface area contributed by atoms with Crippen LogP contribution in [0.2, 0.25) is 0 Å².